The second-order valence-electron chi connectivity index (χ2n) is 9.60. The first-order valence-corrected chi connectivity index (χ1v) is 15.2. The number of nitrogens with one attached hydrogen (secondary N) is 1. The Hall–Kier alpha value is -3.56. The molecule has 0 aliphatic rings. The summed E-state index contributed by atoms with van der Waals surface area (Å²) in [5.41, 5.74) is 1.80. The van der Waals surface area contributed by atoms with Crippen molar-refractivity contribution in [2.45, 2.75) is 45.3 Å². The number of rotatable bonds is 13. The molecule has 8 nitrogen and oxygen atoms in total. The van der Waals surface area contributed by atoms with E-state index in [1.807, 2.05) is 44.2 Å². The number of hydrogen-bond donors (Lipinski definition) is 1. The van der Waals surface area contributed by atoms with Crippen LogP contribution < -0.4 is 14.4 Å². The number of nitrogens with zero attached hydrogens (tertiary/aromatic N) is 2. The molecule has 1 N–H and O–H groups in total. The van der Waals surface area contributed by atoms with Gasteiger partial charge in [0, 0.05) is 24.0 Å². The summed E-state index contributed by atoms with van der Waals surface area (Å²) in [6.45, 7) is 3.37. The first-order valence-electron chi connectivity index (χ1n) is 13.0. The second-order valence-corrected chi connectivity index (χ2v) is 11.9. The maximum absolute atomic E-state index is 14.1. The molecule has 2 unspecified atom stereocenters. The molecule has 3 aromatic rings. The third kappa shape index (κ3) is 8.47. The maximum atomic E-state index is 14.1. The van der Waals surface area contributed by atoms with Crippen LogP contribution in [0.5, 0.6) is 5.75 Å². The van der Waals surface area contributed by atoms with Gasteiger partial charge in [0.1, 0.15) is 18.3 Å². The van der Waals surface area contributed by atoms with Gasteiger partial charge in [0.15, 0.2) is 0 Å². The monoisotopic (exact) mass is 585 g/mol. The largest absolute Gasteiger partial charge is 0.497 e. The predicted molar refractivity (Wildman–Crippen MR) is 159 cm³/mol. The number of benzene rings is 3. The number of ether oxygens (including phenoxy) is 1. The number of anilines is 1. The normalized spacial score (nSPS) is 12.7. The van der Waals surface area contributed by atoms with Gasteiger partial charge in [0.25, 0.3) is 0 Å². The molecule has 10 heteroatoms. The molecule has 0 fully saturated rings. The van der Waals surface area contributed by atoms with Crippen molar-refractivity contribution in [3.8, 4) is 5.75 Å². The van der Waals surface area contributed by atoms with Crippen LogP contribution in [-0.4, -0.2) is 57.1 Å². The van der Waals surface area contributed by atoms with Crippen molar-refractivity contribution in [2.24, 2.45) is 0 Å². The molecule has 214 valence electrons. The van der Waals surface area contributed by atoms with Gasteiger partial charge in [-0.05, 0) is 54.8 Å². The minimum atomic E-state index is -3.86. The standard InChI is InChI=1S/C30H36ClN3O5S/c1-5-22(2)32-30(36)28(19-23-11-7-6-8-12-23)33(20-24-13-9-10-14-27(24)31)29(35)21-34(40(4,37)38)25-15-17-26(39-3)18-16-25/h6-18,22,28H,5,19-21H2,1-4H3,(H,32,36). The summed E-state index contributed by atoms with van der Waals surface area (Å²) in [5, 5.41) is 3.44. The third-order valence-electron chi connectivity index (χ3n) is 6.61. The van der Waals surface area contributed by atoms with Gasteiger partial charge in [0.05, 0.1) is 19.1 Å². The van der Waals surface area contributed by atoms with Gasteiger partial charge >= 0.3 is 0 Å². The zero-order valence-electron chi connectivity index (χ0n) is 23.2. The summed E-state index contributed by atoms with van der Waals surface area (Å²) in [5.74, 6) is -0.316. The van der Waals surface area contributed by atoms with Crippen LogP contribution in [-0.2, 0) is 32.6 Å². The molecule has 2 amide bonds. The highest BCUT2D eigenvalue weighted by Gasteiger charge is 2.33. The van der Waals surface area contributed by atoms with E-state index >= 15 is 0 Å². The van der Waals surface area contributed by atoms with Crippen molar-refractivity contribution in [3.63, 3.8) is 0 Å². The lowest BCUT2D eigenvalue weighted by Gasteiger charge is -2.34. The number of amides is 2. The van der Waals surface area contributed by atoms with Gasteiger partial charge in [0.2, 0.25) is 21.8 Å². The Morgan fingerprint density at radius 2 is 1.60 bits per heavy atom. The van der Waals surface area contributed by atoms with Crippen molar-refractivity contribution < 1.29 is 22.7 Å². The molecule has 2 atom stereocenters. The Labute approximate surface area is 241 Å². The van der Waals surface area contributed by atoms with Crippen LogP contribution in [0.1, 0.15) is 31.4 Å². The van der Waals surface area contributed by atoms with E-state index in [-0.39, 0.29) is 24.9 Å². The van der Waals surface area contributed by atoms with E-state index < -0.39 is 28.5 Å². The van der Waals surface area contributed by atoms with Gasteiger partial charge in [-0.3, -0.25) is 13.9 Å². The lowest BCUT2D eigenvalue weighted by molar-refractivity contribution is -0.140. The van der Waals surface area contributed by atoms with Crippen LogP contribution in [0.3, 0.4) is 0 Å². The molecule has 0 heterocycles. The average molecular weight is 586 g/mol. The van der Waals surface area contributed by atoms with Gasteiger partial charge in [-0.25, -0.2) is 8.42 Å². The molecule has 0 radical (unpaired) electrons. The summed E-state index contributed by atoms with van der Waals surface area (Å²) >= 11 is 6.47. The molecule has 0 saturated carbocycles. The van der Waals surface area contributed by atoms with Crippen molar-refractivity contribution in [1.29, 1.82) is 0 Å². The summed E-state index contributed by atoms with van der Waals surface area (Å²) in [6, 6.07) is 21.8. The van der Waals surface area contributed by atoms with E-state index in [0.29, 0.717) is 28.4 Å². The Morgan fingerprint density at radius 3 is 2.17 bits per heavy atom. The van der Waals surface area contributed by atoms with Crippen molar-refractivity contribution in [1.82, 2.24) is 10.2 Å². The first-order chi connectivity index (χ1) is 19.0. The fraction of sp³-hybridized carbons (Fsp3) is 0.333. The zero-order chi connectivity index (χ0) is 29.3. The van der Waals surface area contributed by atoms with E-state index in [4.69, 9.17) is 16.3 Å². The number of methoxy groups -OCH3 is 1. The molecule has 0 bridgehead atoms. The van der Waals surface area contributed by atoms with Crippen LogP contribution in [0.2, 0.25) is 5.02 Å². The highest BCUT2D eigenvalue weighted by molar-refractivity contribution is 7.92. The van der Waals surface area contributed by atoms with Crippen LogP contribution in [0.25, 0.3) is 0 Å². The fourth-order valence-corrected chi connectivity index (χ4v) is 5.21. The predicted octanol–water partition coefficient (Wildman–Crippen LogP) is 4.67. The number of hydrogen-bond acceptors (Lipinski definition) is 5. The molecule has 0 aromatic heterocycles. The molecule has 0 aliphatic carbocycles. The van der Waals surface area contributed by atoms with E-state index in [2.05, 4.69) is 5.32 Å². The van der Waals surface area contributed by atoms with Crippen molar-refractivity contribution >= 4 is 39.1 Å². The topological polar surface area (TPSA) is 96.0 Å². The first kappa shape index (κ1) is 31.0. The molecular weight excluding hydrogens is 550 g/mol. The van der Waals surface area contributed by atoms with E-state index in [0.717, 1.165) is 16.1 Å². The molecule has 40 heavy (non-hydrogen) atoms. The maximum Gasteiger partial charge on any atom is 0.244 e. The van der Waals surface area contributed by atoms with Crippen LogP contribution in [0, 0.1) is 0 Å². The summed E-state index contributed by atoms with van der Waals surface area (Å²) in [6.07, 6.45) is 1.99. The number of sulfonamides is 1. The average Bonchev–Trinajstić information content (AvgIpc) is 2.94. The number of carbonyl (C=O) groups excluding carboxylic acids is 2. The number of halogens is 1. The molecule has 0 saturated heterocycles. The third-order valence-corrected chi connectivity index (χ3v) is 8.12. The summed E-state index contributed by atoms with van der Waals surface area (Å²) in [7, 11) is -2.35. The minimum absolute atomic E-state index is 0.0180. The number of carbonyl (C=O) groups is 2. The SMILES string of the molecule is CCC(C)NC(=O)C(Cc1ccccc1)N(Cc1ccccc1Cl)C(=O)CN(c1ccc(OC)cc1)S(C)(=O)=O. The molecule has 3 aromatic carbocycles. The highest BCUT2D eigenvalue weighted by Crippen LogP contribution is 2.24. The quantitative estimate of drug-likeness (QED) is 0.314. The lowest BCUT2D eigenvalue weighted by atomic mass is 10.0. The Bertz CT molecular complexity index is 1380. The van der Waals surface area contributed by atoms with Gasteiger partial charge in [-0.15, -0.1) is 0 Å². The Kier molecular flexibility index (Phi) is 11.0. The van der Waals surface area contributed by atoms with Crippen LogP contribution in [0.4, 0.5) is 5.69 Å². The lowest BCUT2D eigenvalue weighted by Crippen LogP contribution is -2.54. The van der Waals surface area contributed by atoms with Gasteiger partial charge in [-0.2, -0.15) is 0 Å². The van der Waals surface area contributed by atoms with Crippen LogP contribution >= 0.6 is 11.6 Å². The summed E-state index contributed by atoms with van der Waals surface area (Å²) < 4.78 is 31.9. The molecular formula is C30H36ClN3O5S. The summed E-state index contributed by atoms with van der Waals surface area (Å²) in [4.78, 5) is 29.2. The van der Waals surface area contributed by atoms with E-state index in [9.17, 15) is 18.0 Å². The van der Waals surface area contributed by atoms with Crippen LogP contribution in [0.15, 0.2) is 78.9 Å². The second kappa shape index (κ2) is 14.2. The van der Waals surface area contributed by atoms with E-state index in [1.165, 1.54) is 12.0 Å². The minimum Gasteiger partial charge on any atom is -0.497 e. The Balaban J connectivity index is 2.06. The van der Waals surface area contributed by atoms with Gasteiger partial charge in [-0.1, -0.05) is 67.1 Å². The smallest absolute Gasteiger partial charge is 0.244 e. The zero-order valence-corrected chi connectivity index (χ0v) is 24.8. The molecule has 0 spiro atoms. The highest BCUT2D eigenvalue weighted by atomic mass is 35.5. The van der Waals surface area contributed by atoms with Gasteiger partial charge < -0.3 is 15.0 Å². The molecule has 3 rings (SSSR count). The fourth-order valence-electron chi connectivity index (χ4n) is 4.17. The Morgan fingerprint density at radius 1 is 0.975 bits per heavy atom. The van der Waals surface area contributed by atoms with Crippen molar-refractivity contribution in [3.05, 3.63) is 95.0 Å². The van der Waals surface area contributed by atoms with E-state index in [1.54, 1.807) is 48.5 Å². The van der Waals surface area contributed by atoms with Crippen molar-refractivity contribution in [2.75, 3.05) is 24.2 Å². The molecule has 0 aliphatic heterocycles.